The van der Waals surface area contributed by atoms with E-state index in [1.165, 1.54) is 6.08 Å². The molecule has 0 aliphatic heterocycles. The average Bonchev–Trinajstić information content (AvgIpc) is 2.76. The lowest BCUT2D eigenvalue weighted by molar-refractivity contribution is -0.138. The number of aliphatic hydroxyl groups excluding tert-OH is 1. The minimum atomic E-state index is -0.694. The first kappa shape index (κ1) is 22.3. The first-order chi connectivity index (χ1) is 14.1. The fourth-order valence-electron chi connectivity index (χ4n) is 2.92. The Kier molecular flexibility index (Phi) is 9.60. The Balaban J connectivity index is 1.73. The van der Waals surface area contributed by atoms with Crippen LogP contribution >= 0.6 is 0 Å². The van der Waals surface area contributed by atoms with Gasteiger partial charge < -0.3 is 9.84 Å². The van der Waals surface area contributed by atoms with E-state index in [9.17, 15) is 14.7 Å². The normalized spacial score (nSPS) is 13.4. The van der Waals surface area contributed by atoms with Crippen molar-refractivity contribution >= 4 is 23.9 Å². The van der Waals surface area contributed by atoms with Gasteiger partial charge in [0.2, 0.25) is 0 Å². The van der Waals surface area contributed by atoms with Crippen molar-refractivity contribution in [2.24, 2.45) is 5.92 Å². The van der Waals surface area contributed by atoms with Crippen LogP contribution in [0.5, 0.6) is 0 Å². The summed E-state index contributed by atoms with van der Waals surface area (Å²) in [5.41, 5.74) is 1.88. The van der Waals surface area contributed by atoms with Gasteiger partial charge in [0.15, 0.2) is 5.78 Å². The Labute approximate surface area is 172 Å². The highest BCUT2D eigenvalue weighted by Crippen LogP contribution is 2.18. The molecule has 4 heteroatoms. The van der Waals surface area contributed by atoms with E-state index in [0.717, 1.165) is 11.1 Å². The highest BCUT2D eigenvalue weighted by Gasteiger charge is 2.20. The molecular formula is C25H28O4. The summed E-state index contributed by atoms with van der Waals surface area (Å²) in [5.74, 6) is -0.639. The van der Waals surface area contributed by atoms with Crippen molar-refractivity contribution in [3.8, 4) is 0 Å². The Morgan fingerprint density at radius 1 is 0.931 bits per heavy atom. The number of rotatable bonds is 11. The number of carbonyl (C=O) groups excluding carboxylic acids is 2. The van der Waals surface area contributed by atoms with E-state index in [4.69, 9.17) is 4.74 Å². The van der Waals surface area contributed by atoms with E-state index in [1.807, 2.05) is 67.6 Å². The van der Waals surface area contributed by atoms with E-state index < -0.39 is 12.1 Å². The number of aliphatic hydroxyl groups is 1. The molecule has 0 fully saturated rings. The van der Waals surface area contributed by atoms with Crippen LogP contribution in [0.2, 0.25) is 0 Å². The van der Waals surface area contributed by atoms with Crippen LogP contribution in [0.25, 0.3) is 12.2 Å². The lowest BCUT2D eigenvalue weighted by Crippen LogP contribution is -2.24. The summed E-state index contributed by atoms with van der Waals surface area (Å²) in [6.45, 7) is 2.06. The molecule has 0 aliphatic rings. The largest absolute Gasteiger partial charge is 0.462 e. The van der Waals surface area contributed by atoms with Crippen molar-refractivity contribution < 1.29 is 19.4 Å². The molecule has 152 valence electrons. The van der Waals surface area contributed by atoms with Crippen molar-refractivity contribution in [1.82, 2.24) is 0 Å². The maximum Gasteiger partial charge on any atom is 0.330 e. The van der Waals surface area contributed by atoms with Gasteiger partial charge in [-0.2, -0.15) is 0 Å². The van der Waals surface area contributed by atoms with Gasteiger partial charge in [0.1, 0.15) is 0 Å². The van der Waals surface area contributed by atoms with Gasteiger partial charge in [-0.05, 0) is 29.2 Å². The van der Waals surface area contributed by atoms with Crippen LogP contribution in [0.3, 0.4) is 0 Å². The zero-order valence-corrected chi connectivity index (χ0v) is 16.7. The summed E-state index contributed by atoms with van der Waals surface area (Å²) < 4.78 is 5.15. The van der Waals surface area contributed by atoms with E-state index in [0.29, 0.717) is 12.8 Å². The third-order valence-corrected chi connectivity index (χ3v) is 4.66. The van der Waals surface area contributed by atoms with Crippen LogP contribution in [0.4, 0.5) is 0 Å². The predicted octanol–water partition coefficient (Wildman–Crippen LogP) is 4.69. The van der Waals surface area contributed by atoms with Crippen LogP contribution in [0.15, 0.2) is 72.8 Å². The van der Waals surface area contributed by atoms with E-state index in [2.05, 4.69) is 0 Å². The number of esters is 1. The van der Waals surface area contributed by atoms with Gasteiger partial charge >= 0.3 is 5.97 Å². The maximum atomic E-state index is 12.2. The smallest absolute Gasteiger partial charge is 0.330 e. The number of benzene rings is 2. The minimum Gasteiger partial charge on any atom is -0.462 e. The quantitative estimate of drug-likeness (QED) is 0.445. The van der Waals surface area contributed by atoms with Crippen LogP contribution in [0.1, 0.15) is 37.3 Å². The predicted molar refractivity (Wildman–Crippen MR) is 116 cm³/mol. The first-order valence-electron chi connectivity index (χ1n) is 9.92. The van der Waals surface area contributed by atoms with Crippen molar-refractivity contribution in [3.05, 3.63) is 83.9 Å². The van der Waals surface area contributed by atoms with Crippen LogP contribution in [-0.4, -0.2) is 29.6 Å². The van der Waals surface area contributed by atoms with E-state index >= 15 is 0 Å². The molecule has 0 radical (unpaired) electrons. The highest BCUT2D eigenvalue weighted by atomic mass is 16.5. The molecule has 2 unspecified atom stereocenters. The van der Waals surface area contributed by atoms with E-state index in [-0.39, 0.29) is 24.7 Å². The molecule has 2 aromatic rings. The number of ketones is 1. The summed E-state index contributed by atoms with van der Waals surface area (Å²) in [7, 11) is 0. The third-order valence-electron chi connectivity index (χ3n) is 4.66. The molecule has 0 spiro atoms. The topological polar surface area (TPSA) is 63.6 Å². The Hall–Kier alpha value is -2.98. The third kappa shape index (κ3) is 8.71. The molecule has 0 saturated heterocycles. The van der Waals surface area contributed by atoms with Crippen LogP contribution in [0, 0.1) is 5.92 Å². The van der Waals surface area contributed by atoms with E-state index in [1.54, 1.807) is 18.2 Å². The Morgan fingerprint density at radius 2 is 1.48 bits per heavy atom. The second kappa shape index (κ2) is 12.5. The molecule has 0 aliphatic carbocycles. The van der Waals surface area contributed by atoms with Crippen molar-refractivity contribution in [1.29, 1.82) is 0 Å². The van der Waals surface area contributed by atoms with Crippen LogP contribution < -0.4 is 0 Å². The van der Waals surface area contributed by atoms with Gasteiger partial charge in [-0.3, -0.25) is 4.79 Å². The fourth-order valence-corrected chi connectivity index (χ4v) is 2.92. The molecule has 0 heterocycles. The second-order valence-electron chi connectivity index (χ2n) is 6.85. The molecule has 0 aromatic heterocycles. The summed E-state index contributed by atoms with van der Waals surface area (Å²) >= 11 is 0. The molecule has 1 N–H and O–H groups in total. The molecule has 4 nitrogen and oxygen atoms in total. The standard InChI is InChI=1S/C25H28O4/c1-2-22(19-23(26)15-13-20-9-5-3-6-10-20)24(27)17-18-29-25(28)16-14-21-11-7-4-8-12-21/h3-16,22,24,27H,2,17-19H2,1H3. The SMILES string of the molecule is CCC(CC(=O)C=Cc1ccccc1)C(O)CCOC(=O)C=Cc1ccccc1. The number of hydrogen-bond donors (Lipinski definition) is 1. The highest BCUT2D eigenvalue weighted by molar-refractivity contribution is 5.93. The zero-order valence-electron chi connectivity index (χ0n) is 16.7. The average molecular weight is 392 g/mol. The van der Waals surface area contributed by atoms with Crippen LogP contribution in [-0.2, 0) is 14.3 Å². The molecule has 29 heavy (non-hydrogen) atoms. The number of allylic oxidation sites excluding steroid dienone is 1. The molecule has 0 saturated carbocycles. The summed E-state index contributed by atoms with van der Waals surface area (Å²) in [5, 5.41) is 10.4. The number of ether oxygens (including phenoxy) is 1. The molecule has 0 amide bonds. The fraction of sp³-hybridized carbons (Fsp3) is 0.280. The van der Waals surface area contributed by atoms with Gasteiger partial charge in [0, 0.05) is 18.9 Å². The van der Waals surface area contributed by atoms with Gasteiger partial charge in [0.05, 0.1) is 12.7 Å². The lowest BCUT2D eigenvalue weighted by Gasteiger charge is -2.20. The van der Waals surface area contributed by atoms with Gasteiger partial charge in [0.25, 0.3) is 0 Å². The van der Waals surface area contributed by atoms with Gasteiger partial charge in [-0.1, -0.05) is 80.1 Å². The number of carbonyl (C=O) groups is 2. The Morgan fingerprint density at radius 3 is 2.03 bits per heavy atom. The zero-order chi connectivity index (χ0) is 20.9. The first-order valence-corrected chi connectivity index (χ1v) is 9.92. The summed E-state index contributed by atoms with van der Waals surface area (Å²) in [6.07, 6.45) is 6.94. The number of hydrogen-bond acceptors (Lipinski definition) is 4. The minimum absolute atomic E-state index is 0.0254. The van der Waals surface area contributed by atoms with Crippen molar-refractivity contribution in [2.45, 2.75) is 32.3 Å². The summed E-state index contributed by atoms with van der Waals surface area (Å²) in [6, 6.07) is 19.1. The van der Waals surface area contributed by atoms with Crippen molar-refractivity contribution in [2.75, 3.05) is 6.61 Å². The lowest BCUT2D eigenvalue weighted by atomic mass is 9.91. The van der Waals surface area contributed by atoms with Crippen molar-refractivity contribution in [3.63, 3.8) is 0 Å². The monoisotopic (exact) mass is 392 g/mol. The van der Waals surface area contributed by atoms with Gasteiger partial charge in [-0.15, -0.1) is 0 Å². The second-order valence-corrected chi connectivity index (χ2v) is 6.85. The molecular weight excluding hydrogens is 364 g/mol. The van der Waals surface area contributed by atoms with Gasteiger partial charge in [-0.25, -0.2) is 4.79 Å². The maximum absolute atomic E-state index is 12.2. The molecule has 2 rings (SSSR count). The summed E-state index contributed by atoms with van der Waals surface area (Å²) in [4.78, 5) is 24.0. The molecule has 0 bridgehead atoms. The Bertz CT molecular complexity index is 809. The molecule has 2 aromatic carbocycles. The molecule has 2 atom stereocenters.